The lowest BCUT2D eigenvalue weighted by atomic mass is 10.0. The lowest BCUT2D eigenvalue weighted by Gasteiger charge is -2.20. The number of halogens is 2. The standard InChI is InChI=1S/C31H28F2N6O4/c1-17-12-20-7-6-18(13-24(20)39(17)30(41)43-31(2,3)4)19-9-11-23-25(14-19)37(5)29(40)38(23)16-22-10-8-21(15-34-22)27-35-36-28(42-27)26(32)33/h6-15,26H,16H2,1-5H3. The van der Waals surface area contributed by atoms with Gasteiger partial charge in [0, 0.05) is 24.3 Å². The summed E-state index contributed by atoms with van der Waals surface area (Å²) in [5, 5.41) is 7.89. The Kier molecular flexibility index (Phi) is 6.71. The number of carbonyl (C=O) groups excluding carboxylic acids is 1. The summed E-state index contributed by atoms with van der Waals surface area (Å²) in [7, 11) is 1.71. The molecule has 0 atom stereocenters. The van der Waals surface area contributed by atoms with Crippen molar-refractivity contribution in [3.8, 4) is 22.6 Å². The van der Waals surface area contributed by atoms with Gasteiger partial charge in [-0.2, -0.15) is 8.78 Å². The molecule has 2 aromatic carbocycles. The predicted molar refractivity (Wildman–Crippen MR) is 156 cm³/mol. The molecule has 0 radical (unpaired) electrons. The monoisotopic (exact) mass is 586 g/mol. The van der Waals surface area contributed by atoms with Gasteiger partial charge in [-0.1, -0.05) is 18.2 Å². The number of carbonyl (C=O) groups is 1. The first-order valence-electron chi connectivity index (χ1n) is 13.5. The molecule has 43 heavy (non-hydrogen) atoms. The maximum absolute atomic E-state index is 13.2. The van der Waals surface area contributed by atoms with Crippen molar-refractivity contribution in [2.75, 3.05) is 0 Å². The summed E-state index contributed by atoms with van der Waals surface area (Å²) in [6.07, 6.45) is -1.86. The molecule has 0 unspecified atom stereocenters. The van der Waals surface area contributed by atoms with E-state index < -0.39 is 24.0 Å². The molecule has 4 heterocycles. The van der Waals surface area contributed by atoms with Crippen molar-refractivity contribution in [2.24, 2.45) is 7.05 Å². The van der Waals surface area contributed by atoms with Crippen LogP contribution < -0.4 is 5.69 Å². The van der Waals surface area contributed by atoms with Crippen molar-refractivity contribution >= 4 is 28.0 Å². The third-order valence-electron chi connectivity index (χ3n) is 7.06. The van der Waals surface area contributed by atoms with Gasteiger partial charge in [-0.3, -0.25) is 14.1 Å². The van der Waals surface area contributed by atoms with Crippen LogP contribution in [0, 0.1) is 6.92 Å². The summed E-state index contributed by atoms with van der Waals surface area (Å²) in [6.45, 7) is 7.55. The lowest BCUT2D eigenvalue weighted by molar-refractivity contribution is 0.0541. The Balaban J connectivity index is 1.32. The minimum absolute atomic E-state index is 0.0593. The number of pyridine rings is 1. The van der Waals surface area contributed by atoms with E-state index in [4.69, 9.17) is 9.15 Å². The SMILES string of the molecule is Cc1cc2ccc(-c3ccc4c(c3)n(C)c(=O)n4Cc3ccc(-c4nnc(C(F)F)o4)cn3)cc2n1C(=O)OC(C)(C)C. The second-order valence-corrected chi connectivity index (χ2v) is 11.3. The molecule has 6 aromatic rings. The number of alkyl halides is 2. The van der Waals surface area contributed by atoms with E-state index in [1.807, 2.05) is 70.2 Å². The molecule has 0 saturated carbocycles. The molecular weight excluding hydrogens is 558 g/mol. The fourth-order valence-electron chi connectivity index (χ4n) is 5.05. The quantitative estimate of drug-likeness (QED) is 0.227. The highest BCUT2D eigenvalue weighted by Gasteiger charge is 2.22. The third-order valence-corrected chi connectivity index (χ3v) is 7.06. The molecule has 0 bridgehead atoms. The van der Waals surface area contributed by atoms with Gasteiger partial charge in [-0.15, -0.1) is 10.2 Å². The van der Waals surface area contributed by atoms with Crippen molar-refractivity contribution in [3.63, 3.8) is 0 Å². The van der Waals surface area contributed by atoms with Crippen molar-refractivity contribution in [3.05, 3.63) is 88.6 Å². The number of benzene rings is 2. The number of imidazole rings is 1. The Hall–Kier alpha value is -5.13. The highest BCUT2D eigenvalue weighted by atomic mass is 19.3. The number of fused-ring (bicyclic) bond motifs is 2. The number of rotatable bonds is 5. The molecule has 0 aliphatic heterocycles. The van der Waals surface area contributed by atoms with E-state index in [2.05, 4.69) is 15.2 Å². The fourth-order valence-corrected chi connectivity index (χ4v) is 5.05. The van der Waals surface area contributed by atoms with Gasteiger partial charge >= 0.3 is 18.2 Å². The Bertz CT molecular complexity index is 2060. The summed E-state index contributed by atoms with van der Waals surface area (Å²) in [4.78, 5) is 30.6. The molecule has 0 amide bonds. The summed E-state index contributed by atoms with van der Waals surface area (Å²) in [5.41, 5.74) is 4.83. The van der Waals surface area contributed by atoms with Gasteiger partial charge in [-0.25, -0.2) is 14.2 Å². The normalized spacial score (nSPS) is 12.1. The zero-order valence-corrected chi connectivity index (χ0v) is 24.1. The number of hydrogen-bond acceptors (Lipinski definition) is 7. The Morgan fingerprint density at radius 2 is 1.65 bits per heavy atom. The van der Waals surface area contributed by atoms with Gasteiger partial charge < -0.3 is 9.15 Å². The first-order chi connectivity index (χ1) is 20.4. The van der Waals surface area contributed by atoms with Crippen LogP contribution in [0.4, 0.5) is 13.6 Å². The van der Waals surface area contributed by atoms with Crippen LogP contribution in [0.5, 0.6) is 0 Å². The molecular formula is C31H28F2N6O4. The summed E-state index contributed by atoms with van der Waals surface area (Å²) >= 11 is 0. The van der Waals surface area contributed by atoms with Crippen LogP contribution in [-0.2, 0) is 18.3 Å². The first-order valence-corrected chi connectivity index (χ1v) is 13.5. The Labute approximate surface area is 244 Å². The Morgan fingerprint density at radius 3 is 2.30 bits per heavy atom. The molecule has 10 nitrogen and oxygen atoms in total. The smallest absolute Gasteiger partial charge is 0.419 e. The lowest BCUT2D eigenvalue weighted by Crippen LogP contribution is -2.27. The van der Waals surface area contributed by atoms with Crippen LogP contribution in [0.15, 0.2) is 70.0 Å². The molecule has 0 saturated heterocycles. The summed E-state index contributed by atoms with van der Waals surface area (Å²) < 4.78 is 40.9. The molecule has 0 N–H and O–H groups in total. The van der Waals surface area contributed by atoms with E-state index >= 15 is 0 Å². The molecule has 0 aliphatic carbocycles. The molecule has 220 valence electrons. The van der Waals surface area contributed by atoms with Crippen molar-refractivity contribution in [1.82, 2.24) is 28.9 Å². The van der Waals surface area contributed by atoms with Crippen molar-refractivity contribution < 1.29 is 22.7 Å². The molecule has 12 heteroatoms. The van der Waals surface area contributed by atoms with Crippen LogP contribution in [-0.4, -0.2) is 40.6 Å². The second-order valence-electron chi connectivity index (χ2n) is 11.3. The highest BCUT2D eigenvalue weighted by Crippen LogP contribution is 2.30. The van der Waals surface area contributed by atoms with E-state index in [0.29, 0.717) is 11.3 Å². The number of ether oxygens (including phenoxy) is 1. The second kappa shape index (κ2) is 10.3. The van der Waals surface area contributed by atoms with Gasteiger partial charge in [0.15, 0.2) is 0 Å². The first kappa shape index (κ1) is 28.0. The highest BCUT2D eigenvalue weighted by molar-refractivity contribution is 5.94. The van der Waals surface area contributed by atoms with Crippen LogP contribution in [0.25, 0.3) is 44.5 Å². The van der Waals surface area contributed by atoms with Crippen LogP contribution in [0.2, 0.25) is 0 Å². The predicted octanol–water partition coefficient (Wildman–Crippen LogP) is 6.48. The number of aryl methyl sites for hydroxylation is 2. The zero-order valence-electron chi connectivity index (χ0n) is 24.1. The maximum atomic E-state index is 13.2. The average Bonchev–Trinajstić information content (AvgIpc) is 3.64. The van der Waals surface area contributed by atoms with Gasteiger partial charge in [0.2, 0.25) is 5.89 Å². The van der Waals surface area contributed by atoms with Crippen molar-refractivity contribution in [1.29, 1.82) is 0 Å². The Morgan fingerprint density at radius 1 is 0.953 bits per heavy atom. The van der Waals surface area contributed by atoms with E-state index in [0.717, 1.165) is 38.8 Å². The van der Waals surface area contributed by atoms with Gasteiger partial charge in [0.25, 0.3) is 5.89 Å². The minimum atomic E-state index is -2.86. The van der Waals surface area contributed by atoms with E-state index in [1.54, 1.807) is 32.9 Å². The van der Waals surface area contributed by atoms with Crippen molar-refractivity contribution in [2.45, 2.75) is 46.3 Å². The molecule has 0 aliphatic rings. The third kappa shape index (κ3) is 5.20. The molecule has 4 aromatic heterocycles. The molecule has 6 rings (SSSR count). The minimum Gasteiger partial charge on any atom is -0.443 e. The number of aromatic nitrogens is 6. The van der Waals surface area contributed by atoms with Gasteiger partial charge in [0.05, 0.1) is 34.4 Å². The number of nitrogens with zero attached hydrogens (tertiary/aromatic N) is 6. The molecule has 0 fully saturated rings. The maximum Gasteiger partial charge on any atom is 0.419 e. The molecule has 0 spiro atoms. The summed E-state index contributed by atoms with van der Waals surface area (Å²) in [6, 6.07) is 16.9. The van der Waals surface area contributed by atoms with E-state index in [9.17, 15) is 18.4 Å². The van der Waals surface area contributed by atoms with Crippen LogP contribution in [0.3, 0.4) is 0 Å². The van der Waals surface area contributed by atoms with Gasteiger partial charge in [0.1, 0.15) is 5.60 Å². The van der Waals surface area contributed by atoms with Gasteiger partial charge in [-0.05, 0) is 75.2 Å². The van der Waals surface area contributed by atoms with E-state index in [-0.39, 0.29) is 18.1 Å². The van der Waals surface area contributed by atoms with Crippen LogP contribution >= 0.6 is 0 Å². The topological polar surface area (TPSA) is 110 Å². The summed E-state index contributed by atoms with van der Waals surface area (Å²) in [5.74, 6) is -0.816. The number of hydrogen-bond donors (Lipinski definition) is 0. The largest absolute Gasteiger partial charge is 0.443 e. The van der Waals surface area contributed by atoms with E-state index in [1.165, 1.54) is 6.20 Å². The fraction of sp³-hybridized carbons (Fsp3) is 0.258. The zero-order chi connectivity index (χ0) is 30.6. The average molecular weight is 587 g/mol. The van der Waals surface area contributed by atoms with Crippen LogP contribution in [0.1, 0.15) is 44.5 Å².